The second-order valence-electron chi connectivity index (χ2n) is 5.44. The van der Waals surface area contributed by atoms with Gasteiger partial charge < -0.3 is 15.4 Å². The maximum atomic E-state index is 12.0. The van der Waals surface area contributed by atoms with Gasteiger partial charge in [0.2, 0.25) is 5.91 Å². The Bertz CT molecular complexity index is 470. The van der Waals surface area contributed by atoms with Crippen LogP contribution in [-0.2, 0) is 11.2 Å². The lowest BCUT2D eigenvalue weighted by molar-refractivity contribution is -0.122. The SMILES string of the molecule is COc1ccccc1CCNC(=O)CN1CCNC[C@H]1C.Cl. The van der Waals surface area contributed by atoms with Gasteiger partial charge in [0.15, 0.2) is 0 Å². The highest BCUT2D eigenvalue weighted by molar-refractivity contribution is 5.85. The van der Waals surface area contributed by atoms with E-state index >= 15 is 0 Å². The lowest BCUT2D eigenvalue weighted by Gasteiger charge is -2.33. The van der Waals surface area contributed by atoms with E-state index in [-0.39, 0.29) is 18.3 Å². The van der Waals surface area contributed by atoms with Crippen LogP contribution in [0, 0.1) is 0 Å². The average molecular weight is 328 g/mol. The number of halogens is 1. The zero-order valence-corrected chi connectivity index (χ0v) is 14.1. The minimum Gasteiger partial charge on any atom is -0.496 e. The first-order chi connectivity index (χ1) is 10.2. The Morgan fingerprint density at radius 1 is 1.45 bits per heavy atom. The molecule has 1 aromatic rings. The first-order valence-electron chi connectivity index (χ1n) is 7.54. The molecule has 1 atom stereocenters. The Labute approximate surface area is 138 Å². The topological polar surface area (TPSA) is 53.6 Å². The van der Waals surface area contributed by atoms with Gasteiger partial charge in [0, 0.05) is 32.2 Å². The summed E-state index contributed by atoms with van der Waals surface area (Å²) in [7, 11) is 1.67. The molecule has 124 valence electrons. The Hall–Kier alpha value is -1.30. The number of carbonyl (C=O) groups is 1. The van der Waals surface area contributed by atoms with E-state index in [1.807, 2.05) is 24.3 Å². The summed E-state index contributed by atoms with van der Waals surface area (Å²) in [6.45, 7) is 6.11. The lowest BCUT2D eigenvalue weighted by Crippen LogP contribution is -2.52. The molecule has 5 nitrogen and oxygen atoms in total. The molecule has 0 radical (unpaired) electrons. The molecule has 2 rings (SSSR count). The van der Waals surface area contributed by atoms with Crippen molar-refractivity contribution in [2.75, 3.05) is 39.8 Å². The van der Waals surface area contributed by atoms with Crippen LogP contribution in [0.2, 0.25) is 0 Å². The summed E-state index contributed by atoms with van der Waals surface area (Å²) in [6.07, 6.45) is 0.785. The van der Waals surface area contributed by atoms with Crippen LogP contribution in [-0.4, -0.2) is 56.7 Å². The van der Waals surface area contributed by atoms with Crippen molar-refractivity contribution in [3.63, 3.8) is 0 Å². The van der Waals surface area contributed by atoms with Crippen molar-refractivity contribution in [2.45, 2.75) is 19.4 Å². The molecule has 0 saturated carbocycles. The van der Waals surface area contributed by atoms with E-state index in [9.17, 15) is 4.79 Å². The molecule has 1 heterocycles. The second-order valence-corrected chi connectivity index (χ2v) is 5.44. The highest BCUT2D eigenvalue weighted by atomic mass is 35.5. The minimum absolute atomic E-state index is 0. The van der Waals surface area contributed by atoms with Gasteiger partial charge >= 0.3 is 0 Å². The van der Waals surface area contributed by atoms with Crippen molar-refractivity contribution in [2.24, 2.45) is 0 Å². The molecule has 0 unspecified atom stereocenters. The molecule has 1 fully saturated rings. The van der Waals surface area contributed by atoms with E-state index in [0.29, 0.717) is 19.1 Å². The van der Waals surface area contributed by atoms with Crippen LogP contribution in [0.25, 0.3) is 0 Å². The summed E-state index contributed by atoms with van der Waals surface area (Å²) >= 11 is 0. The molecule has 0 bridgehead atoms. The molecule has 1 aromatic carbocycles. The predicted octanol–water partition coefficient (Wildman–Crippen LogP) is 1.07. The molecule has 0 spiro atoms. The molecular formula is C16H26ClN3O2. The van der Waals surface area contributed by atoms with Crippen LogP contribution < -0.4 is 15.4 Å². The fourth-order valence-corrected chi connectivity index (χ4v) is 2.60. The number of rotatable bonds is 6. The molecule has 1 aliphatic heterocycles. The maximum absolute atomic E-state index is 12.0. The van der Waals surface area contributed by atoms with Crippen molar-refractivity contribution in [1.82, 2.24) is 15.5 Å². The molecule has 22 heavy (non-hydrogen) atoms. The number of nitrogens with zero attached hydrogens (tertiary/aromatic N) is 1. The summed E-state index contributed by atoms with van der Waals surface area (Å²) in [6, 6.07) is 8.33. The fraction of sp³-hybridized carbons (Fsp3) is 0.562. The lowest BCUT2D eigenvalue weighted by atomic mass is 10.1. The van der Waals surface area contributed by atoms with E-state index in [0.717, 1.165) is 37.4 Å². The van der Waals surface area contributed by atoms with Crippen LogP contribution in [0.3, 0.4) is 0 Å². The third-order valence-corrected chi connectivity index (χ3v) is 3.89. The zero-order chi connectivity index (χ0) is 15.1. The number of nitrogens with one attached hydrogen (secondary N) is 2. The number of hydrogen-bond acceptors (Lipinski definition) is 4. The molecular weight excluding hydrogens is 302 g/mol. The highest BCUT2D eigenvalue weighted by Gasteiger charge is 2.19. The van der Waals surface area contributed by atoms with Crippen molar-refractivity contribution in [3.05, 3.63) is 29.8 Å². The fourth-order valence-electron chi connectivity index (χ4n) is 2.60. The van der Waals surface area contributed by atoms with Gasteiger partial charge in [-0.25, -0.2) is 0 Å². The van der Waals surface area contributed by atoms with Gasteiger partial charge in [-0.2, -0.15) is 0 Å². The van der Waals surface area contributed by atoms with Crippen LogP contribution >= 0.6 is 12.4 Å². The smallest absolute Gasteiger partial charge is 0.234 e. The minimum atomic E-state index is 0. The Kier molecular flexibility index (Phi) is 8.24. The summed E-state index contributed by atoms with van der Waals surface area (Å²) in [4.78, 5) is 14.2. The van der Waals surface area contributed by atoms with Gasteiger partial charge in [0.1, 0.15) is 5.75 Å². The number of piperazine rings is 1. The number of methoxy groups -OCH3 is 1. The Morgan fingerprint density at radius 3 is 2.95 bits per heavy atom. The number of benzene rings is 1. The van der Waals surface area contributed by atoms with Gasteiger partial charge in [-0.05, 0) is 25.0 Å². The molecule has 1 amide bonds. The molecule has 2 N–H and O–H groups in total. The predicted molar refractivity (Wildman–Crippen MR) is 90.9 cm³/mol. The zero-order valence-electron chi connectivity index (χ0n) is 13.3. The normalized spacial score (nSPS) is 18.4. The maximum Gasteiger partial charge on any atom is 0.234 e. The molecule has 0 aromatic heterocycles. The number of carbonyl (C=O) groups excluding carboxylic acids is 1. The van der Waals surface area contributed by atoms with Gasteiger partial charge in [0.25, 0.3) is 0 Å². The van der Waals surface area contributed by atoms with E-state index in [4.69, 9.17) is 4.74 Å². The Balaban J connectivity index is 0.00000242. The number of amides is 1. The number of hydrogen-bond donors (Lipinski definition) is 2. The van der Waals surface area contributed by atoms with Gasteiger partial charge in [-0.3, -0.25) is 9.69 Å². The molecule has 0 aliphatic carbocycles. The highest BCUT2D eigenvalue weighted by Crippen LogP contribution is 2.17. The van der Waals surface area contributed by atoms with Crippen LogP contribution in [0.5, 0.6) is 5.75 Å². The van der Waals surface area contributed by atoms with Crippen molar-refractivity contribution in [1.29, 1.82) is 0 Å². The van der Waals surface area contributed by atoms with E-state index in [2.05, 4.69) is 22.5 Å². The standard InChI is InChI=1S/C16H25N3O2.ClH/c1-13-11-17-9-10-19(13)12-16(20)18-8-7-14-5-3-4-6-15(14)21-2;/h3-6,13,17H,7-12H2,1-2H3,(H,18,20);1H/t13-;/m1./s1. The third kappa shape index (κ3) is 5.48. The molecule has 1 saturated heterocycles. The van der Waals surface area contributed by atoms with Gasteiger partial charge in [-0.1, -0.05) is 18.2 Å². The van der Waals surface area contributed by atoms with Crippen LogP contribution in [0.15, 0.2) is 24.3 Å². The molecule has 1 aliphatic rings. The van der Waals surface area contributed by atoms with E-state index in [1.54, 1.807) is 7.11 Å². The average Bonchev–Trinajstić information content (AvgIpc) is 2.50. The summed E-state index contributed by atoms with van der Waals surface area (Å²) < 4.78 is 5.31. The first kappa shape index (κ1) is 18.7. The van der Waals surface area contributed by atoms with E-state index < -0.39 is 0 Å². The quantitative estimate of drug-likeness (QED) is 0.820. The largest absolute Gasteiger partial charge is 0.496 e. The number of para-hydroxylation sites is 1. The van der Waals surface area contributed by atoms with E-state index in [1.165, 1.54) is 0 Å². The van der Waals surface area contributed by atoms with Crippen LogP contribution in [0.4, 0.5) is 0 Å². The summed E-state index contributed by atoms with van der Waals surface area (Å²) in [5.74, 6) is 0.973. The monoisotopic (exact) mass is 327 g/mol. The first-order valence-corrected chi connectivity index (χ1v) is 7.54. The second kappa shape index (κ2) is 9.66. The van der Waals surface area contributed by atoms with Crippen molar-refractivity contribution >= 4 is 18.3 Å². The summed E-state index contributed by atoms with van der Waals surface area (Å²) in [5.41, 5.74) is 1.12. The van der Waals surface area contributed by atoms with Crippen LogP contribution in [0.1, 0.15) is 12.5 Å². The Morgan fingerprint density at radius 2 is 2.23 bits per heavy atom. The van der Waals surface area contributed by atoms with Gasteiger partial charge in [0.05, 0.1) is 13.7 Å². The third-order valence-electron chi connectivity index (χ3n) is 3.89. The number of ether oxygens (including phenoxy) is 1. The van der Waals surface area contributed by atoms with Crippen molar-refractivity contribution < 1.29 is 9.53 Å². The summed E-state index contributed by atoms with van der Waals surface area (Å²) in [5, 5.41) is 6.32. The molecule has 6 heteroatoms. The van der Waals surface area contributed by atoms with Crippen molar-refractivity contribution in [3.8, 4) is 5.75 Å². The van der Waals surface area contributed by atoms with Gasteiger partial charge in [-0.15, -0.1) is 12.4 Å².